The molecule has 0 bridgehead atoms. The summed E-state index contributed by atoms with van der Waals surface area (Å²) in [6, 6.07) is 10.3. The van der Waals surface area contributed by atoms with Crippen molar-refractivity contribution in [1.82, 2.24) is 0 Å². The van der Waals surface area contributed by atoms with Gasteiger partial charge in [0.05, 0.1) is 22.3 Å². The van der Waals surface area contributed by atoms with Gasteiger partial charge < -0.3 is 0 Å². The Hall–Kier alpha value is -1.14. The predicted octanol–water partition coefficient (Wildman–Crippen LogP) is 4.42. The van der Waals surface area contributed by atoms with Crippen LogP contribution < -0.4 is 0 Å². The highest BCUT2D eigenvalue weighted by Crippen LogP contribution is 2.24. The minimum absolute atomic E-state index is 0.122. The third-order valence-electron chi connectivity index (χ3n) is 3.42. The molecule has 0 aromatic heterocycles. The molecule has 3 heteroatoms. The summed E-state index contributed by atoms with van der Waals surface area (Å²) in [5, 5.41) is 8.96. The van der Waals surface area contributed by atoms with Crippen molar-refractivity contribution in [2.24, 2.45) is 5.41 Å². The Kier molecular flexibility index (Phi) is 5.53. The molecule has 1 aromatic rings. The van der Waals surface area contributed by atoms with E-state index in [1.807, 2.05) is 26.0 Å². The van der Waals surface area contributed by atoms with E-state index >= 15 is 0 Å². The van der Waals surface area contributed by atoms with Gasteiger partial charge in [-0.2, -0.15) is 5.26 Å². The normalized spacial score (nSPS) is 13.8. The lowest BCUT2D eigenvalue weighted by atomic mass is 9.87. The maximum atomic E-state index is 12.2. The lowest BCUT2D eigenvalue weighted by molar-refractivity contribution is 0.447. The van der Waals surface area contributed by atoms with Gasteiger partial charge in [-0.1, -0.05) is 32.9 Å². The van der Waals surface area contributed by atoms with E-state index in [1.54, 1.807) is 0 Å². The van der Waals surface area contributed by atoms with E-state index in [1.165, 1.54) is 5.56 Å². The molecule has 0 saturated carbocycles. The molecule has 1 unspecified atom stereocenters. The Morgan fingerprint density at radius 3 is 2.10 bits per heavy atom. The summed E-state index contributed by atoms with van der Waals surface area (Å²) in [7, 11) is -0.965. The van der Waals surface area contributed by atoms with E-state index in [9.17, 15) is 4.21 Å². The van der Waals surface area contributed by atoms with E-state index in [0.717, 1.165) is 17.7 Å². The quantitative estimate of drug-likeness (QED) is 0.805. The van der Waals surface area contributed by atoms with Crippen molar-refractivity contribution in [2.75, 3.05) is 5.75 Å². The van der Waals surface area contributed by atoms with Crippen molar-refractivity contribution in [3.8, 4) is 6.07 Å². The van der Waals surface area contributed by atoms with Crippen molar-refractivity contribution in [1.29, 1.82) is 5.26 Å². The van der Waals surface area contributed by atoms with E-state index in [0.29, 0.717) is 5.75 Å². The van der Waals surface area contributed by atoms with Gasteiger partial charge in [0.25, 0.3) is 0 Å². The summed E-state index contributed by atoms with van der Waals surface area (Å²) in [5.74, 6) is 0.625. The summed E-state index contributed by atoms with van der Waals surface area (Å²) >= 11 is 0. The minimum atomic E-state index is -0.965. The highest BCUT2D eigenvalue weighted by Gasteiger charge is 2.17. The largest absolute Gasteiger partial charge is 0.254 e. The molecule has 1 aromatic carbocycles. The van der Waals surface area contributed by atoms with Crippen LogP contribution in [0.25, 0.3) is 0 Å². The second-order valence-electron chi connectivity index (χ2n) is 6.92. The third kappa shape index (κ3) is 5.09. The Labute approximate surface area is 125 Å². The first kappa shape index (κ1) is 16.9. The molecule has 0 saturated heterocycles. The van der Waals surface area contributed by atoms with Crippen molar-refractivity contribution >= 4 is 10.8 Å². The van der Waals surface area contributed by atoms with E-state index in [4.69, 9.17) is 5.26 Å². The number of benzene rings is 1. The number of hydrogen-bond acceptors (Lipinski definition) is 2. The van der Waals surface area contributed by atoms with Crippen molar-refractivity contribution in [3.05, 3.63) is 29.8 Å². The van der Waals surface area contributed by atoms with Gasteiger partial charge in [-0.15, -0.1) is 0 Å². The lowest BCUT2D eigenvalue weighted by Crippen LogP contribution is -2.11. The fourth-order valence-corrected chi connectivity index (χ4v) is 3.01. The molecular formula is C17H25NOS. The molecule has 0 amide bonds. The van der Waals surface area contributed by atoms with Gasteiger partial charge in [0, 0.05) is 10.6 Å². The molecule has 0 aliphatic carbocycles. The number of rotatable bonds is 5. The molecule has 1 rings (SSSR count). The van der Waals surface area contributed by atoms with Crippen molar-refractivity contribution in [2.45, 2.75) is 57.8 Å². The molecule has 0 radical (unpaired) electrons. The van der Waals surface area contributed by atoms with Gasteiger partial charge in [0.15, 0.2) is 0 Å². The van der Waals surface area contributed by atoms with Crippen LogP contribution in [0.3, 0.4) is 0 Å². The first-order valence-corrected chi connectivity index (χ1v) is 8.38. The van der Waals surface area contributed by atoms with Gasteiger partial charge >= 0.3 is 0 Å². The highest BCUT2D eigenvalue weighted by atomic mass is 32.2. The molecule has 0 aliphatic heterocycles. The molecule has 1 atom stereocenters. The summed E-state index contributed by atoms with van der Waals surface area (Å²) in [4.78, 5) is 0.882. The highest BCUT2D eigenvalue weighted by molar-refractivity contribution is 7.85. The van der Waals surface area contributed by atoms with Crippen LogP contribution in [0.15, 0.2) is 29.2 Å². The Balaban J connectivity index is 2.59. The van der Waals surface area contributed by atoms with E-state index in [2.05, 4.69) is 39.0 Å². The van der Waals surface area contributed by atoms with Crippen LogP contribution in [0, 0.1) is 16.7 Å². The van der Waals surface area contributed by atoms with Gasteiger partial charge in [-0.05, 0) is 49.8 Å². The van der Waals surface area contributed by atoms with Crippen LogP contribution in [0.5, 0.6) is 0 Å². The smallest absolute Gasteiger partial charge is 0.0683 e. The second-order valence-corrected chi connectivity index (χ2v) is 8.49. The van der Waals surface area contributed by atoms with Crippen LogP contribution in [0.2, 0.25) is 0 Å². The van der Waals surface area contributed by atoms with E-state index in [-0.39, 0.29) is 10.8 Å². The third-order valence-corrected chi connectivity index (χ3v) is 4.87. The number of nitrogens with zero attached hydrogens (tertiary/aromatic N) is 1. The van der Waals surface area contributed by atoms with Crippen molar-refractivity contribution < 1.29 is 4.21 Å². The maximum absolute atomic E-state index is 12.2. The average Bonchev–Trinajstić information content (AvgIpc) is 2.37. The Bertz CT molecular complexity index is 503. The van der Waals surface area contributed by atoms with E-state index < -0.39 is 10.8 Å². The van der Waals surface area contributed by atoms with Crippen molar-refractivity contribution in [3.63, 3.8) is 0 Å². The molecule has 0 fully saturated rings. The SMILES string of the molecule is CC(C)(C#N)CCCS(=O)c1ccc(C(C)(C)C)cc1. The summed E-state index contributed by atoms with van der Waals surface area (Å²) in [5.41, 5.74) is 1.06. The summed E-state index contributed by atoms with van der Waals surface area (Å²) in [6.45, 7) is 10.4. The van der Waals surface area contributed by atoms with Crippen LogP contribution in [-0.4, -0.2) is 9.96 Å². The van der Waals surface area contributed by atoms with Crippen LogP contribution in [0.1, 0.15) is 53.0 Å². The van der Waals surface area contributed by atoms with Gasteiger partial charge in [0.1, 0.15) is 0 Å². The topological polar surface area (TPSA) is 40.9 Å². The molecule has 0 heterocycles. The first-order chi connectivity index (χ1) is 9.15. The van der Waals surface area contributed by atoms with Crippen LogP contribution in [-0.2, 0) is 16.2 Å². The molecular weight excluding hydrogens is 266 g/mol. The minimum Gasteiger partial charge on any atom is -0.254 e. The predicted molar refractivity (Wildman–Crippen MR) is 85.0 cm³/mol. The molecule has 2 nitrogen and oxygen atoms in total. The first-order valence-electron chi connectivity index (χ1n) is 7.06. The second kappa shape index (κ2) is 6.54. The summed E-state index contributed by atoms with van der Waals surface area (Å²) in [6.07, 6.45) is 1.60. The van der Waals surface area contributed by atoms with Crippen LogP contribution in [0.4, 0.5) is 0 Å². The molecule has 0 N–H and O–H groups in total. The maximum Gasteiger partial charge on any atom is 0.0683 e. The van der Waals surface area contributed by atoms with Gasteiger partial charge in [-0.3, -0.25) is 4.21 Å². The van der Waals surface area contributed by atoms with Crippen LogP contribution >= 0.6 is 0 Å². The number of hydrogen-bond donors (Lipinski definition) is 0. The molecule has 0 spiro atoms. The standard InChI is InChI=1S/C17H25NOS/c1-16(2,3)14-7-9-15(10-8-14)20(19)12-6-11-17(4,5)13-18/h7-10H,6,11-12H2,1-5H3. The summed E-state index contributed by atoms with van der Waals surface area (Å²) < 4.78 is 12.2. The Morgan fingerprint density at radius 1 is 1.10 bits per heavy atom. The Morgan fingerprint density at radius 2 is 1.65 bits per heavy atom. The zero-order valence-electron chi connectivity index (χ0n) is 13.2. The molecule has 20 heavy (non-hydrogen) atoms. The molecule has 110 valence electrons. The molecule has 0 aliphatic rings. The lowest BCUT2D eigenvalue weighted by Gasteiger charge is -2.19. The average molecular weight is 291 g/mol. The van der Waals surface area contributed by atoms with Gasteiger partial charge in [-0.25, -0.2) is 0 Å². The zero-order chi connectivity index (χ0) is 15.4. The fourth-order valence-electron chi connectivity index (χ4n) is 1.93. The fraction of sp³-hybridized carbons (Fsp3) is 0.588. The monoisotopic (exact) mass is 291 g/mol. The zero-order valence-corrected chi connectivity index (χ0v) is 14.0. The number of nitriles is 1. The van der Waals surface area contributed by atoms with Gasteiger partial charge in [0.2, 0.25) is 0 Å².